The Labute approximate surface area is 114 Å². The van der Waals surface area contributed by atoms with Crippen LogP contribution < -0.4 is 10.9 Å². The summed E-state index contributed by atoms with van der Waals surface area (Å²) in [5.74, 6) is 0. The summed E-state index contributed by atoms with van der Waals surface area (Å²) in [7, 11) is 0. The third-order valence-electron chi connectivity index (χ3n) is 2.86. The number of nitrogens with zero attached hydrogens (tertiary/aromatic N) is 1. The van der Waals surface area contributed by atoms with Gasteiger partial charge in [-0.25, -0.2) is 4.79 Å². The van der Waals surface area contributed by atoms with Gasteiger partial charge in [-0.3, -0.25) is 4.99 Å². The minimum atomic E-state index is -0.351. The van der Waals surface area contributed by atoms with Crippen LogP contribution >= 0.6 is 11.8 Å². The number of fused-ring (bicyclic) bond motifs is 1. The summed E-state index contributed by atoms with van der Waals surface area (Å²) >= 11 is 1.56. The first-order valence-corrected chi connectivity index (χ1v) is 6.82. The lowest BCUT2D eigenvalue weighted by Gasteiger charge is -2.07. The van der Waals surface area contributed by atoms with Gasteiger partial charge in [0.05, 0.1) is 5.56 Å². The average molecular weight is 272 g/mol. The zero-order valence-corrected chi connectivity index (χ0v) is 11.1. The maximum Gasteiger partial charge on any atom is 0.345 e. The van der Waals surface area contributed by atoms with Gasteiger partial charge < -0.3 is 9.73 Å². The van der Waals surface area contributed by atoms with E-state index >= 15 is 0 Å². The molecule has 1 atom stereocenters. The summed E-state index contributed by atoms with van der Waals surface area (Å²) < 4.78 is 5.30. The lowest BCUT2D eigenvalue weighted by atomic mass is 10.1. The third-order valence-corrected chi connectivity index (χ3v) is 3.65. The molecule has 0 amide bonds. The van der Waals surface area contributed by atoms with Crippen LogP contribution in [0.2, 0.25) is 0 Å². The highest BCUT2D eigenvalue weighted by Crippen LogP contribution is 2.18. The lowest BCUT2D eigenvalue weighted by molar-refractivity contribution is 0.559. The predicted octanol–water partition coefficient (Wildman–Crippen LogP) is 2.69. The summed E-state index contributed by atoms with van der Waals surface area (Å²) in [5.41, 5.74) is 1.36. The van der Waals surface area contributed by atoms with E-state index in [2.05, 4.69) is 10.3 Å². The number of hydrogen-bond acceptors (Lipinski definition) is 5. The van der Waals surface area contributed by atoms with E-state index in [9.17, 15) is 4.79 Å². The van der Waals surface area contributed by atoms with Crippen LogP contribution in [0.25, 0.3) is 11.0 Å². The Bertz CT molecular complexity index is 726. The van der Waals surface area contributed by atoms with E-state index < -0.39 is 0 Å². The Morgan fingerprint density at radius 1 is 1.42 bits per heavy atom. The van der Waals surface area contributed by atoms with Gasteiger partial charge in [0.15, 0.2) is 5.50 Å². The summed E-state index contributed by atoms with van der Waals surface area (Å²) in [5, 5.41) is 5.91. The largest absolute Gasteiger partial charge is 0.422 e. The van der Waals surface area contributed by atoms with Gasteiger partial charge in [0, 0.05) is 17.3 Å². The summed E-state index contributed by atoms with van der Waals surface area (Å²) in [6, 6.07) is 9.28. The predicted molar refractivity (Wildman–Crippen MR) is 78.3 cm³/mol. The number of aliphatic imine (C=N–C) groups is 1. The van der Waals surface area contributed by atoms with Crippen molar-refractivity contribution in [3.05, 3.63) is 57.9 Å². The molecule has 3 rings (SSSR count). The molecule has 1 N–H and O–H groups in total. The highest BCUT2D eigenvalue weighted by molar-refractivity contribution is 8.02. The normalized spacial score (nSPS) is 18.8. The van der Waals surface area contributed by atoms with Crippen LogP contribution in [0, 0.1) is 0 Å². The minimum Gasteiger partial charge on any atom is -0.422 e. The molecule has 1 aromatic carbocycles. The van der Waals surface area contributed by atoms with Gasteiger partial charge >= 0.3 is 5.63 Å². The van der Waals surface area contributed by atoms with E-state index in [-0.39, 0.29) is 11.1 Å². The monoisotopic (exact) mass is 272 g/mol. The Morgan fingerprint density at radius 3 is 3.05 bits per heavy atom. The standard InChI is InChI=1S/C14H12N2O2S/c1-9(16-14-15-6-7-19-14)11-8-10-4-2-3-5-12(10)18-13(11)17/h2-8,14-15H,1H3/b16-9+. The van der Waals surface area contributed by atoms with Crippen LogP contribution in [0.3, 0.4) is 0 Å². The van der Waals surface area contributed by atoms with Crippen molar-refractivity contribution in [3.8, 4) is 0 Å². The third kappa shape index (κ3) is 2.42. The molecule has 1 aliphatic rings. The molecule has 0 saturated carbocycles. The van der Waals surface area contributed by atoms with Gasteiger partial charge in [0.25, 0.3) is 0 Å². The van der Waals surface area contributed by atoms with Gasteiger partial charge in [-0.1, -0.05) is 30.0 Å². The second kappa shape index (κ2) is 4.93. The summed E-state index contributed by atoms with van der Waals surface area (Å²) in [6.07, 6.45) is 1.84. The van der Waals surface area contributed by atoms with Gasteiger partial charge in [-0.2, -0.15) is 0 Å². The molecule has 0 bridgehead atoms. The van der Waals surface area contributed by atoms with Crippen LogP contribution in [-0.4, -0.2) is 11.2 Å². The second-order valence-corrected chi connectivity index (χ2v) is 5.15. The number of para-hydroxylation sites is 1. The first-order valence-electron chi connectivity index (χ1n) is 5.88. The van der Waals surface area contributed by atoms with Gasteiger partial charge in [0.1, 0.15) is 5.58 Å². The van der Waals surface area contributed by atoms with Crippen LogP contribution in [0.4, 0.5) is 0 Å². The smallest absolute Gasteiger partial charge is 0.345 e. The molecule has 0 spiro atoms. The second-order valence-electron chi connectivity index (χ2n) is 4.16. The van der Waals surface area contributed by atoms with Crippen molar-refractivity contribution in [1.82, 2.24) is 5.32 Å². The molecule has 0 saturated heterocycles. The zero-order chi connectivity index (χ0) is 13.2. The van der Waals surface area contributed by atoms with Gasteiger partial charge in [-0.05, 0) is 24.5 Å². The summed E-state index contributed by atoms with van der Waals surface area (Å²) in [6.45, 7) is 1.82. The highest BCUT2D eigenvalue weighted by atomic mass is 32.2. The first kappa shape index (κ1) is 12.0. The molecule has 1 aromatic heterocycles. The topological polar surface area (TPSA) is 54.6 Å². The molecular weight excluding hydrogens is 260 g/mol. The van der Waals surface area contributed by atoms with Crippen LogP contribution in [0.5, 0.6) is 0 Å². The lowest BCUT2D eigenvalue weighted by Crippen LogP contribution is -2.18. The SMILES string of the molecule is C/C(=N\C1NC=CS1)c1cc2ccccc2oc1=O. The Morgan fingerprint density at radius 2 is 2.26 bits per heavy atom. The molecule has 0 radical (unpaired) electrons. The summed E-state index contributed by atoms with van der Waals surface area (Å²) in [4.78, 5) is 16.4. The minimum absolute atomic E-state index is 0.0640. The van der Waals surface area contributed by atoms with E-state index in [1.54, 1.807) is 17.8 Å². The molecule has 2 aromatic rings. The zero-order valence-electron chi connectivity index (χ0n) is 10.3. The quantitative estimate of drug-likeness (QED) is 0.674. The maximum atomic E-state index is 12.0. The van der Waals surface area contributed by atoms with E-state index in [0.717, 1.165) is 5.39 Å². The van der Waals surface area contributed by atoms with E-state index in [1.807, 2.05) is 42.8 Å². The fourth-order valence-electron chi connectivity index (χ4n) is 1.90. The van der Waals surface area contributed by atoms with Crippen LogP contribution in [0.1, 0.15) is 12.5 Å². The van der Waals surface area contributed by atoms with Crippen molar-refractivity contribution in [2.75, 3.05) is 0 Å². The molecule has 0 fully saturated rings. The molecule has 1 unspecified atom stereocenters. The molecule has 5 heteroatoms. The van der Waals surface area contributed by atoms with Crippen molar-refractivity contribution >= 4 is 28.4 Å². The molecule has 4 nitrogen and oxygen atoms in total. The Kier molecular flexibility index (Phi) is 3.13. The fraction of sp³-hybridized carbons (Fsp3) is 0.143. The molecule has 96 valence electrons. The van der Waals surface area contributed by atoms with Crippen LogP contribution in [-0.2, 0) is 0 Å². The average Bonchev–Trinajstić information content (AvgIpc) is 2.90. The van der Waals surface area contributed by atoms with Crippen molar-refractivity contribution in [1.29, 1.82) is 0 Å². The van der Waals surface area contributed by atoms with E-state index in [1.165, 1.54) is 0 Å². The van der Waals surface area contributed by atoms with Gasteiger partial charge in [-0.15, -0.1) is 0 Å². The number of thioether (sulfide) groups is 1. The van der Waals surface area contributed by atoms with Gasteiger partial charge in [0.2, 0.25) is 0 Å². The first-order chi connectivity index (χ1) is 9.24. The fourth-order valence-corrected chi connectivity index (χ4v) is 2.58. The Hall–Kier alpha value is -2.01. The number of hydrogen-bond donors (Lipinski definition) is 1. The van der Waals surface area contributed by atoms with Crippen molar-refractivity contribution < 1.29 is 4.42 Å². The number of rotatable bonds is 2. The van der Waals surface area contributed by atoms with E-state index in [0.29, 0.717) is 16.9 Å². The molecule has 0 aliphatic carbocycles. The van der Waals surface area contributed by atoms with Crippen LogP contribution in [0.15, 0.2) is 56.1 Å². The number of benzene rings is 1. The van der Waals surface area contributed by atoms with Crippen molar-refractivity contribution in [2.45, 2.75) is 12.4 Å². The van der Waals surface area contributed by atoms with E-state index in [4.69, 9.17) is 4.42 Å². The molecule has 2 heterocycles. The van der Waals surface area contributed by atoms with Crippen molar-refractivity contribution in [2.24, 2.45) is 4.99 Å². The molecule has 19 heavy (non-hydrogen) atoms. The Balaban J connectivity index is 2.04. The molecular formula is C14H12N2O2S. The van der Waals surface area contributed by atoms with Crippen molar-refractivity contribution in [3.63, 3.8) is 0 Å². The number of nitrogens with one attached hydrogen (secondary N) is 1. The maximum absolute atomic E-state index is 12.0. The highest BCUT2D eigenvalue weighted by Gasteiger charge is 2.12. The molecule has 1 aliphatic heterocycles.